The van der Waals surface area contributed by atoms with Crippen LogP contribution < -0.4 is 4.90 Å². The predicted octanol–water partition coefficient (Wildman–Crippen LogP) is 5.75. The Kier molecular flexibility index (Phi) is 5.95. The summed E-state index contributed by atoms with van der Waals surface area (Å²) >= 11 is 1.76. The Morgan fingerprint density at radius 2 is 2.21 bits per heavy atom. The van der Waals surface area contributed by atoms with Crippen molar-refractivity contribution in [2.75, 3.05) is 19.1 Å². The zero-order valence-corrected chi connectivity index (χ0v) is 17.7. The SMILES string of the molecule is COC(=O)c1ccncc1CC[C@@H]1CCCc2cc(N(C)c3cccs3)ccc21. The van der Waals surface area contributed by atoms with Gasteiger partial charge in [0.05, 0.1) is 17.7 Å². The normalized spacial score (nSPS) is 15.6. The largest absolute Gasteiger partial charge is 0.465 e. The van der Waals surface area contributed by atoms with Crippen LogP contribution in [0.5, 0.6) is 0 Å². The molecule has 0 spiro atoms. The lowest BCUT2D eigenvalue weighted by molar-refractivity contribution is 0.0599. The standard InChI is InChI=1S/C24H26N2O2S/c1-26(23-7-4-14-29-23)20-10-11-21-17(5-3-6-18(21)15-20)8-9-19-16-25-13-12-22(19)24(27)28-2/h4,7,10-17H,3,5-6,8-9H2,1-2H3/t17-/m0/s1. The van der Waals surface area contributed by atoms with E-state index in [4.69, 9.17) is 4.74 Å². The molecule has 0 bridgehead atoms. The van der Waals surface area contributed by atoms with Crippen molar-refractivity contribution in [1.29, 1.82) is 0 Å². The molecule has 4 nitrogen and oxygen atoms in total. The summed E-state index contributed by atoms with van der Waals surface area (Å²) in [6.07, 6.45) is 8.84. The number of ether oxygens (including phenoxy) is 1. The van der Waals surface area contributed by atoms with Gasteiger partial charge in [0, 0.05) is 25.1 Å². The van der Waals surface area contributed by atoms with Crippen LogP contribution in [0.15, 0.2) is 54.2 Å². The molecule has 0 amide bonds. The summed E-state index contributed by atoms with van der Waals surface area (Å²) in [7, 11) is 3.55. The van der Waals surface area contributed by atoms with E-state index >= 15 is 0 Å². The lowest BCUT2D eigenvalue weighted by Gasteiger charge is -2.28. The molecule has 2 aromatic heterocycles. The maximum absolute atomic E-state index is 12.0. The highest BCUT2D eigenvalue weighted by Gasteiger charge is 2.22. The van der Waals surface area contributed by atoms with Crippen molar-refractivity contribution in [3.8, 4) is 0 Å². The van der Waals surface area contributed by atoms with Crippen molar-refractivity contribution < 1.29 is 9.53 Å². The van der Waals surface area contributed by atoms with Gasteiger partial charge in [-0.05, 0) is 90.4 Å². The Morgan fingerprint density at radius 1 is 1.31 bits per heavy atom. The quantitative estimate of drug-likeness (QED) is 0.489. The van der Waals surface area contributed by atoms with Gasteiger partial charge in [0.2, 0.25) is 0 Å². The second-order valence-electron chi connectivity index (χ2n) is 7.55. The van der Waals surface area contributed by atoms with Gasteiger partial charge in [0.15, 0.2) is 0 Å². The van der Waals surface area contributed by atoms with Crippen LogP contribution in [0.2, 0.25) is 0 Å². The van der Waals surface area contributed by atoms with Gasteiger partial charge in [-0.1, -0.05) is 6.07 Å². The van der Waals surface area contributed by atoms with Gasteiger partial charge in [-0.3, -0.25) is 4.98 Å². The number of pyridine rings is 1. The van der Waals surface area contributed by atoms with Crippen LogP contribution in [0.25, 0.3) is 0 Å². The number of anilines is 2. The van der Waals surface area contributed by atoms with Gasteiger partial charge in [-0.25, -0.2) is 4.79 Å². The van der Waals surface area contributed by atoms with Crippen LogP contribution in [-0.4, -0.2) is 25.1 Å². The predicted molar refractivity (Wildman–Crippen MR) is 118 cm³/mol. The maximum atomic E-state index is 12.0. The Hall–Kier alpha value is -2.66. The number of thiophene rings is 1. The van der Waals surface area contributed by atoms with Gasteiger partial charge in [-0.15, -0.1) is 11.3 Å². The first-order chi connectivity index (χ1) is 14.2. The molecule has 2 heterocycles. The van der Waals surface area contributed by atoms with E-state index in [0.717, 1.165) is 24.8 Å². The van der Waals surface area contributed by atoms with Crippen LogP contribution in [0.4, 0.5) is 10.7 Å². The smallest absolute Gasteiger partial charge is 0.338 e. The molecule has 4 rings (SSSR count). The summed E-state index contributed by atoms with van der Waals surface area (Å²) < 4.78 is 4.92. The maximum Gasteiger partial charge on any atom is 0.338 e. The van der Waals surface area contributed by atoms with E-state index in [-0.39, 0.29) is 5.97 Å². The van der Waals surface area contributed by atoms with Gasteiger partial charge in [0.25, 0.3) is 0 Å². The lowest BCUT2D eigenvalue weighted by atomic mass is 9.79. The highest BCUT2D eigenvalue weighted by molar-refractivity contribution is 7.14. The molecular weight excluding hydrogens is 380 g/mol. The number of methoxy groups -OCH3 is 1. The third-order valence-electron chi connectivity index (χ3n) is 5.86. The zero-order valence-electron chi connectivity index (χ0n) is 16.9. The Balaban J connectivity index is 1.51. The number of nitrogens with zero attached hydrogens (tertiary/aromatic N) is 2. The minimum Gasteiger partial charge on any atom is -0.465 e. The molecule has 0 radical (unpaired) electrons. The summed E-state index contributed by atoms with van der Waals surface area (Å²) in [6, 6.07) is 12.9. The first-order valence-corrected chi connectivity index (χ1v) is 11.0. The fourth-order valence-corrected chi connectivity index (χ4v) is 4.98. The van der Waals surface area contributed by atoms with E-state index in [1.165, 1.54) is 41.8 Å². The summed E-state index contributed by atoms with van der Waals surface area (Å²) in [4.78, 5) is 18.5. The molecule has 5 heteroatoms. The molecule has 1 aliphatic carbocycles. The molecule has 0 N–H and O–H groups in total. The minimum atomic E-state index is -0.285. The summed E-state index contributed by atoms with van der Waals surface area (Å²) in [5.41, 5.74) is 5.77. The number of esters is 1. The van der Waals surface area contributed by atoms with E-state index < -0.39 is 0 Å². The van der Waals surface area contributed by atoms with Crippen molar-refractivity contribution in [3.63, 3.8) is 0 Å². The average molecular weight is 407 g/mol. The summed E-state index contributed by atoms with van der Waals surface area (Å²) in [5.74, 6) is 0.234. The minimum absolute atomic E-state index is 0.285. The number of carbonyl (C=O) groups is 1. The number of aromatic nitrogens is 1. The fraction of sp³-hybridized carbons (Fsp3) is 0.333. The van der Waals surface area contributed by atoms with Gasteiger partial charge >= 0.3 is 5.97 Å². The third kappa shape index (κ3) is 4.20. The monoisotopic (exact) mass is 406 g/mol. The van der Waals surface area contributed by atoms with Crippen molar-refractivity contribution in [2.45, 2.75) is 38.0 Å². The molecule has 29 heavy (non-hydrogen) atoms. The Labute approximate surface area is 176 Å². The fourth-order valence-electron chi connectivity index (χ4n) is 4.26. The van der Waals surface area contributed by atoms with Gasteiger partial charge in [-0.2, -0.15) is 0 Å². The Bertz CT molecular complexity index is 984. The van der Waals surface area contributed by atoms with Crippen LogP contribution >= 0.6 is 11.3 Å². The third-order valence-corrected chi connectivity index (χ3v) is 6.80. The van der Waals surface area contributed by atoms with Crippen LogP contribution in [0.3, 0.4) is 0 Å². The van der Waals surface area contributed by atoms with E-state index in [1.807, 2.05) is 0 Å². The molecule has 1 aliphatic rings. The number of hydrogen-bond acceptors (Lipinski definition) is 5. The second-order valence-corrected chi connectivity index (χ2v) is 8.47. The topological polar surface area (TPSA) is 42.4 Å². The number of aryl methyl sites for hydroxylation is 2. The van der Waals surface area contributed by atoms with Crippen molar-refractivity contribution in [1.82, 2.24) is 4.98 Å². The molecule has 0 saturated heterocycles. The molecule has 1 aromatic carbocycles. The average Bonchev–Trinajstić information content (AvgIpc) is 3.31. The van der Waals surface area contributed by atoms with E-state index in [9.17, 15) is 4.79 Å². The highest BCUT2D eigenvalue weighted by Crippen LogP contribution is 2.38. The molecule has 1 atom stereocenters. The number of benzene rings is 1. The molecule has 0 fully saturated rings. The molecule has 0 aliphatic heterocycles. The zero-order chi connectivity index (χ0) is 20.2. The molecule has 0 saturated carbocycles. The number of rotatable bonds is 6. The van der Waals surface area contributed by atoms with Gasteiger partial charge in [0.1, 0.15) is 0 Å². The van der Waals surface area contributed by atoms with E-state index in [0.29, 0.717) is 11.5 Å². The molecule has 3 aromatic rings. The Morgan fingerprint density at radius 3 is 3.00 bits per heavy atom. The molecule has 0 unspecified atom stereocenters. The molecular formula is C24H26N2O2S. The van der Waals surface area contributed by atoms with Gasteiger partial charge < -0.3 is 9.64 Å². The summed E-state index contributed by atoms with van der Waals surface area (Å²) in [6.45, 7) is 0. The van der Waals surface area contributed by atoms with Crippen LogP contribution in [0.1, 0.15) is 52.2 Å². The number of fused-ring (bicyclic) bond motifs is 1. The van der Waals surface area contributed by atoms with Crippen molar-refractivity contribution in [2.24, 2.45) is 0 Å². The van der Waals surface area contributed by atoms with Crippen molar-refractivity contribution in [3.05, 3.63) is 76.4 Å². The first-order valence-electron chi connectivity index (χ1n) is 10.1. The van der Waals surface area contributed by atoms with E-state index in [1.54, 1.807) is 29.8 Å². The van der Waals surface area contributed by atoms with E-state index in [2.05, 4.69) is 52.6 Å². The van der Waals surface area contributed by atoms with Crippen molar-refractivity contribution >= 4 is 28.0 Å². The van der Waals surface area contributed by atoms with Crippen LogP contribution in [0, 0.1) is 0 Å². The first kappa shape index (κ1) is 19.6. The van der Waals surface area contributed by atoms with Crippen LogP contribution in [-0.2, 0) is 17.6 Å². The lowest BCUT2D eigenvalue weighted by Crippen LogP contribution is -2.14. The number of hydrogen-bond donors (Lipinski definition) is 0. The number of carbonyl (C=O) groups excluding carboxylic acids is 1. The summed E-state index contributed by atoms with van der Waals surface area (Å²) in [5, 5.41) is 3.37. The second kappa shape index (κ2) is 8.78. The molecule has 150 valence electrons. The highest BCUT2D eigenvalue weighted by atomic mass is 32.1.